The standard InChI is InChI=1S/C25H32N4O3/c1-17(30)27-22-6-2-4-18(14-22)19-7-12-24(26-15-19)29-13-3-5-20(16-29)25(32)28-21-8-10-23(31)11-9-21/h2,4,6-7,12,14-15,20-21,23,31H,3,5,8-11,13,16H2,1H3,(H,27,30)(H,28,32). The number of piperidine rings is 1. The number of hydrogen-bond acceptors (Lipinski definition) is 5. The van der Waals surface area contributed by atoms with Gasteiger partial charge in [-0.3, -0.25) is 9.59 Å². The monoisotopic (exact) mass is 436 g/mol. The molecule has 1 aliphatic carbocycles. The third kappa shape index (κ3) is 5.65. The van der Waals surface area contributed by atoms with Crippen LogP contribution >= 0.6 is 0 Å². The van der Waals surface area contributed by atoms with Crippen LogP contribution in [-0.2, 0) is 9.59 Å². The number of benzene rings is 1. The molecule has 32 heavy (non-hydrogen) atoms. The minimum Gasteiger partial charge on any atom is -0.393 e. The molecule has 4 rings (SSSR count). The molecule has 1 unspecified atom stereocenters. The fourth-order valence-corrected chi connectivity index (χ4v) is 4.66. The van der Waals surface area contributed by atoms with Gasteiger partial charge in [-0.25, -0.2) is 4.98 Å². The van der Waals surface area contributed by atoms with E-state index >= 15 is 0 Å². The Morgan fingerprint density at radius 3 is 2.59 bits per heavy atom. The lowest BCUT2D eigenvalue weighted by Gasteiger charge is -2.34. The number of aliphatic hydroxyl groups is 1. The average Bonchev–Trinajstić information content (AvgIpc) is 2.80. The Morgan fingerprint density at radius 1 is 1.06 bits per heavy atom. The smallest absolute Gasteiger partial charge is 0.225 e. The molecule has 1 saturated carbocycles. The molecule has 2 aromatic rings. The molecule has 2 fully saturated rings. The second-order valence-electron chi connectivity index (χ2n) is 8.97. The second-order valence-corrected chi connectivity index (χ2v) is 8.97. The summed E-state index contributed by atoms with van der Waals surface area (Å²) in [5.41, 5.74) is 2.73. The fourth-order valence-electron chi connectivity index (χ4n) is 4.66. The van der Waals surface area contributed by atoms with Gasteiger partial charge >= 0.3 is 0 Å². The van der Waals surface area contributed by atoms with Crippen LogP contribution in [0.5, 0.6) is 0 Å². The zero-order valence-electron chi connectivity index (χ0n) is 18.6. The Labute approximate surface area is 189 Å². The van der Waals surface area contributed by atoms with Crippen LogP contribution in [0.1, 0.15) is 45.4 Å². The summed E-state index contributed by atoms with van der Waals surface area (Å²) in [6.07, 6.45) is 6.74. The number of carbonyl (C=O) groups is 2. The van der Waals surface area contributed by atoms with Gasteiger partial charge < -0.3 is 20.6 Å². The third-order valence-corrected chi connectivity index (χ3v) is 6.42. The van der Waals surface area contributed by atoms with Crippen molar-refractivity contribution >= 4 is 23.3 Å². The largest absolute Gasteiger partial charge is 0.393 e. The first-order valence-corrected chi connectivity index (χ1v) is 11.6. The van der Waals surface area contributed by atoms with Crippen LogP contribution in [0, 0.1) is 5.92 Å². The number of aliphatic hydroxyl groups excluding tert-OH is 1. The summed E-state index contributed by atoms with van der Waals surface area (Å²) in [4.78, 5) is 31.0. The number of amides is 2. The topological polar surface area (TPSA) is 94.6 Å². The van der Waals surface area contributed by atoms with E-state index in [4.69, 9.17) is 0 Å². The van der Waals surface area contributed by atoms with Gasteiger partial charge in [0, 0.05) is 43.5 Å². The predicted molar refractivity (Wildman–Crippen MR) is 125 cm³/mol. The van der Waals surface area contributed by atoms with Crippen molar-refractivity contribution in [1.82, 2.24) is 10.3 Å². The SMILES string of the molecule is CC(=O)Nc1cccc(-c2ccc(N3CCCC(C(=O)NC4CCC(O)CC4)C3)nc2)c1. The lowest BCUT2D eigenvalue weighted by molar-refractivity contribution is -0.126. The lowest BCUT2D eigenvalue weighted by Crippen LogP contribution is -2.47. The fraction of sp³-hybridized carbons (Fsp3) is 0.480. The van der Waals surface area contributed by atoms with E-state index < -0.39 is 0 Å². The summed E-state index contributed by atoms with van der Waals surface area (Å²) >= 11 is 0. The zero-order valence-corrected chi connectivity index (χ0v) is 18.6. The zero-order chi connectivity index (χ0) is 22.5. The molecule has 1 aliphatic heterocycles. The van der Waals surface area contributed by atoms with Crippen molar-refractivity contribution in [2.45, 2.75) is 57.6 Å². The van der Waals surface area contributed by atoms with Gasteiger partial charge in [-0.15, -0.1) is 0 Å². The molecule has 1 aromatic carbocycles. The molecule has 3 N–H and O–H groups in total. The summed E-state index contributed by atoms with van der Waals surface area (Å²) in [5.74, 6) is 0.874. The maximum absolute atomic E-state index is 12.8. The summed E-state index contributed by atoms with van der Waals surface area (Å²) in [6.45, 7) is 3.06. The Kier molecular flexibility index (Phi) is 7.05. The molecule has 7 heteroatoms. The molecule has 1 aromatic heterocycles. The van der Waals surface area contributed by atoms with Crippen molar-refractivity contribution in [2.24, 2.45) is 5.92 Å². The van der Waals surface area contributed by atoms with Gasteiger partial charge in [-0.2, -0.15) is 0 Å². The van der Waals surface area contributed by atoms with Crippen molar-refractivity contribution in [3.8, 4) is 11.1 Å². The summed E-state index contributed by atoms with van der Waals surface area (Å²) < 4.78 is 0. The van der Waals surface area contributed by atoms with Gasteiger partial charge in [-0.1, -0.05) is 12.1 Å². The molecule has 0 radical (unpaired) electrons. The van der Waals surface area contributed by atoms with E-state index in [2.05, 4.69) is 20.5 Å². The van der Waals surface area contributed by atoms with E-state index in [1.165, 1.54) is 6.92 Å². The van der Waals surface area contributed by atoms with Gasteiger partial charge in [0.25, 0.3) is 0 Å². The van der Waals surface area contributed by atoms with E-state index in [0.717, 1.165) is 67.7 Å². The van der Waals surface area contributed by atoms with Gasteiger partial charge in [0.2, 0.25) is 11.8 Å². The molecule has 2 amide bonds. The molecule has 170 valence electrons. The molecule has 2 heterocycles. The Morgan fingerprint density at radius 2 is 1.88 bits per heavy atom. The van der Waals surface area contributed by atoms with Crippen LogP contribution in [0.4, 0.5) is 11.5 Å². The van der Waals surface area contributed by atoms with Crippen LogP contribution in [0.25, 0.3) is 11.1 Å². The highest BCUT2D eigenvalue weighted by Crippen LogP contribution is 2.27. The highest BCUT2D eigenvalue weighted by molar-refractivity contribution is 5.89. The molecule has 0 bridgehead atoms. The lowest BCUT2D eigenvalue weighted by atomic mass is 9.91. The summed E-state index contributed by atoms with van der Waals surface area (Å²) in [6, 6.07) is 11.9. The summed E-state index contributed by atoms with van der Waals surface area (Å²) in [7, 11) is 0. The molecule has 1 saturated heterocycles. The van der Waals surface area contributed by atoms with Crippen molar-refractivity contribution < 1.29 is 14.7 Å². The minimum atomic E-state index is -0.213. The third-order valence-electron chi connectivity index (χ3n) is 6.42. The Bertz CT molecular complexity index is 938. The number of nitrogens with one attached hydrogen (secondary N) is 2. The summed E-state index contributed by atoms with van der Waals surface area (Å²) in [5, 5.41) is 15.7. The van der Waals surface area contributed by atoms with Crippen LogP contribution in [0.3, 0.4) is 0 Å². The number of nitrogens with zero attached hydrogens (tertiary/aromatic N) is 2. The van der Waals surface area contributed by atoms with E-state index in [-0.39, 0.29) is 29.9 Å². The van der Waals surface area contributed by atoms with Crippen molar-refractivity contribution in [2.75, 3.05) is 23.3 Å². The molecular formula is C25H32N4O3. The first-order valence-electron chi connectivity index (χ1n) is 11.6. The van der Waals surface area contributed by atoms with E-state index in [0.29, 0.717) is 6.54 Å². The van der Waals surface area contributed by atoms with Gasteiger partial charge in [-0.05, 0) is 68.4 Å². The van der Waals surface area contributed by atoms with Crippen LogP contribution < -0.4 is 15.5 Å². The average molecular weight is 437 g/mol. The highest BCUT2D eigenvalue weighted by Gasteiger charge is 2.29. The van der Waals surface area contributed by atoms with E-state index in [1.54, 1.807) is 0 Å². The maximum atomic E-state index is 12.8. The molecular weight excluding hydrogens is 404 g/mol. The second kappa shape index (κ2) is 10.1. The quantitative estimate of drug-likeness (QED) is 0.668. The van der Waals surface area contributed by atoms with Crippen LogP contribution in [0.15, 0.2) is 42.6 Å². The molecule has 2 aliphatic rings. The number of aromatic nitrogens is 1. The molecule has 0 spiro atoms. The van der Waals surface area contributed by atoms with E-state index in [9.17, 15) is 14.7 Å². The van der Waals surface area contributed by atoms with E-state index in [1.807, 2.05) is 42.6 Å². The minimum absolute atomic E-state index is 0.0357. The van der Waals surface area contributed by atoms with Gasteiger partial charge in [0.05, 0.1) is 12.0 Å². The molecule has 1 atom stereocenters. The Balaban J connectivity index is 1.37. The first-order chi connectivity index (χ1) is 15.5. The van der Waals surface area contributed by atoms with Crippen LogP contribution in [0.2, 0.25) is 0 Å². The number of pyridine rings is 1. The molecule has 7 nitrogen and oxygen atoms in total. The first kappa shape index (κ1) is 22.3. The number of hydrogen-bond donors (Lipinski definition) is 3. The van der Waals surface area contributed by atoms with Gasteiger partial charge in [0.15, 0.2) is 0 Å². The van der Waals surface area contributed by atoms with Gasteiger partial charge in [0.1, 0.15) is 5.82 Å². The van der Waals surface area contributed by atoms with Crippen LogP contribution in [-0.4, -0.2) is 47.1 Å². The van der Waals surface area contributed by atoms with Crippen molar-refractivity contribution in [3.05, 3.63) is 42.6 Å². The Hall–Kier alpha value is -2.93. The number of rotatable bonds is 5. The maximum Gasteiger partial charge on any atom is 0.225 e. The highest BCUT2D eigenvalue weighted by atomic mass is 16.3. The number of carbonyl (C=O) groups excluding carboxylic acids is 2. The normalized spacial score (nSPS) is 23.4. The predicted octanol–water partition coefficient (Wildman–Crippen LogP) is 3.34. The van der Waals surface area contributed by atoms with Crippen molar-refractivity contribution in [1.29, 1.82) is 0 Å². The number of anilines is 2. The van der Waals surface area contributed by atoms with Crippen molar-refractivity contribution in [3.63, 3.8) is 0 Å².